The molecule has 0 spiro atoms. The van der Waals surface area contributed by atoms with Crippen molar-refractivity contribution in [3.8, 4) is 0 Å². The van der Waals surface area contributed by atoms with Crippen LogP contribution in [-0.2, 0) is 33.3 Å². The van der Waals surface area contributed by atoms with Gasteiger partial charge in [-0.1, -0.05) is 376 Å². The molecule has 0 fully saturated rings. The fourth-order valence-electron chi connectivity index (χ4n) is 12.2. The maximum Gasteiger partial charge on any atom is 0.361 e. The number of nitrogens with zero attached hydrogens (tertiary/aromatic N) is 1. The normalized spacial score (nSPS) is 13.0. The molecule has 2 atom stereocenters. The van der Waals surface area contributed by atoms with Crippen LogP contribution in [0.1, 0.15) is 399 Å². The van der Waals surface area contributed by atoms with Crippen LogP contribution >= 0.6 is 0 Å². The number of rotatable bonds is 77. The van der Waals surface area contributed by atoms with E-state index in [1.165, 1.54) is 302 Å². The lowest BCUT2D eigenvalue weighted by molar-refractivity contribution is -0.870. The first kappa shape index (κ1) is 91.7. The Kier molecular flexibility index (Phi) is 73.9. The van der Waals surface area contributed by atoms with Crippen molar-refractivity contribution >= 4 is 17.9 Å². The Morgan fingerprint density at radius 2 is 0.600 bits per heavy atom. The summed E-state index contributed by atoms with van der Waals surface area (Å²) in [7, 11) is 6.00. The molecule has 0 aliphatic carbocycles. The number of hydrogen-bond acceptors (Lipinski definition) is 7. The lowest BCUT2D eigenvalue weighted by Crippen LogP contribution is -2.40. The molecule has 1 N–H and O–H groups in total. The molecule has 554 valence electrons. The van der Waals surface area contributed by atoms with Crippen LogP contribution in [0.25, 0.3) is 0 Å². The highest BCUT2D eigenvalue weighted by Gasteiger charge is 2.25. The number of carboxylic acid groups (broad SMARTS) is 1. The van der Waals surface area contributed by atoms with Crippen molar-refractivity contribution in [1.29, 1.82) is 0 Å². The summed E-state index contributed by atoms with van der Waals surface area (Å²) < 4.78 is 23.1. The molecular weight excluding hydrogens is 1170 g/mol. The summed E-state index contributed by atoms with van der Waals surface area (Å²) in [6.45, 7) is 4.82. The zero-order valence-corrected chi connectivity index (χ0v) is 63.6. The van der Waals surface area contributed by atoms with Gasteiger partial charge in [0.2, 0.25) is 0 Å². The van der Waals surface area contributed by atoms with Crippen molar-refractivity contribution in [2.24, 2.45) is 0 Å². The number of aliphatic carboxylic acids is 1. The number of unbranched alkanes of at least 4 members (excludes halogenated alkanes) is 50. The SMILES string of the molecule is CC/C=C\C/C=C\C/C=C\C/C=C\CCCCCCCCCCCCCCCCCCCCCCCCC(=O)OC(COC(=O)CCCCCCCCCCCCCCCCCCCCCCCCC/C=C\C/C=C\CCCCCCC)COC(OCC[N+](C)(C)C)C(=O)O. The first-order chi connectivity index (χ1) is 46.6. The van der Waals surface area contributed by atoms with Gasteiger partial charge < -0.3 is 28.5 Å². The number of carbonyl (C=O) groups excluding carboxylic acids is 2. The molecule has 0 saturated heterocycles. The van der Waals surface area contributed by atoms with Crippen LogP contribution in [0.3, 0.4) is 0 Å². The number of carboxylic acids is 1. The third kappa shape index (κ3) is 77.9. The van der Waals surface area contributed by atoms with Crippen molar-refractivity contribution in [1.82, 2.24) is 0 Å². The van der Waals surface area contributed by atoms with Crippen molar-refractivity contribution in [2.75, 3.05) is 47.5 Å². The number of ether oxygens (including phenoxy) is 4. The van der Waals surface area contributed by atoms with E-state index in [2.05, 4.69) is 86.8 Å². The van der Waals surface area contributed by atoms with Gasteiger partial charge in [0.05, 0.1) is 34.4 Å². The minimum Gasteiger partial charge on any atom is -0.477 e. The van der Waals surface area contributed by atoms with E-state index in [0.29, 0.717) is 17.4 Å². The van der Waals surface area contributed by atoms with Gasteiger partial charge in [-0.2, -0.15) is 0 Å². The van der Waals surface area contributed by atoms with Crippen molar-refractivity contribution in [2.45, 2.75) is 411 Å². The molecule has 0 amide bonds. The number of carbonyl (C=O) groups is 3. The van der Waals surface area contributed by atoms with Crippen LogP contribution in [-0.4, -0.2) is 87.4 Å². The van der Waals surface area contributed by atoms with Crippen molar-refractivity contribution in [3.05, 3.63) is 72.9 Å². The summed E-state index contributed by atoms with van der Waals surface area (Å²) in [4.78, 5) is 37.8. The van der Waals surface area contributed by atoms with Crippen molar-refractivity contribution < 1.29 is 42.9 Å². The smallest absolute Gasteiger partial charge is 0.361 e. The highest BCUT2D eigenvalue weighted by atomic mass is 16.7. The molecular formula is C86H158NO8+. The third-order valence-electron chi connectivity index (χ3n) is 18.4. The molecule has 9 heteroatoms. The van der Waals surface area contributed by atoms with E-state index in [0.717, 1.165) is 70.6 Å². The maximum absolute atomic E-state index is 13.0. The lowest BCUT2D eigenvalue weighted by Gasteiger charge is -2.25. The zero-order chi connectivity index (χ0) is 69.0. The highest BCUT2D eigenvalue weighted by molar-refractivity contribution is 5.71. The van der Waals surface area contributed by atoms with Crippen LogP contribution in [0.15, 0.2) is 72.9 Å². The van der Waals surface area contributed by atoms with Crippen molar-refractivity contribution in [3.63, 3.8) is 0 Å². The predicted octanol–water partition coefficient (Wildman–Crippen LogP) is 26.4. The Morgan fingerprint density at radius 1 is 0.326 bits per heavy atom. The molecule has 0 bridgehead atoms. The van der Waals surface area contributed by atoms with Gasteiger partial charge in [-0.25, -0.2) is 4.79 Å². The molecule has 0 rings (SSSR count). The molecule has 0 saturated carbocycles. The third-order valence-corrected chi connectivity index (χ3v) is 18.4. The van der Waals surface area contributed by atoms with E-state index in [1.54, 1.807) is 0 Å². The van der Waals surface area contributed by atoms with Gasteiger partial charge in [0.25, 0.3) is 6.29 Å². The number of quaternary nitrogens is 1. The van der Waals surface area contributed by atoms with Crippen LogP contribution in [0.4, 0.5) is 0 Å². The predicted molar refractivity (Wildman–Crippen MR) is 410 cm³/mol. The van der Waals surface area contributed by atoms with Crippen LogP contribution in [0.5, 0.6) is 0 Å². The first-order valence-corrected chi connectivity index (χ1v) is 41.1. The number of allylic oxidation sites excluding steroid dienone is 12. The topological polar surface area (TPSA) is 108 Å². The molecule has 0 aromatic heterocycles. The molecule has 0 aromatic rings. The fourth-order valence-corrected chi connectivity index (χ4v) is 12.2. The summed E-state index contributed by atoms with van der Waals surface area (Å²) in [6, 6.07) is 0. The average molecular weight is 1330 g/mol. The Morgan fingerprint density at radius 3 is 0.895 bits per heavy atom. The van der Waals surface area contributed by atoms with Gasteiger partial charge in [-0.15, -0.1) is 0 Å². The Balaban J connectivity index is 3.96. The van der Waals surface area contributed by atoms with E-state index in [4.69, 9.17) is 18.9 Å². The highest BCUT2D eigenvalue weighted by Crippen LogP contribution is 2.20. The standard InChI is InChI=1S/C86H157NO8/c1-6-8-10-12-14-16-18-20-22-24-26-28-30-32-34-36-38-40-42-44-46-48-50-52-54-56-58-60-62-64-66-68-70-72-74-76-83(88)93-80-82(81-94-86(85(90)91)92-79-78-87(3,4)5)95-84(89)77-75-73-71-69-67-65-63-61-59-57-55-53-51-49-47-45-43-41-39-37-35-33-31-29-27-25-23-21-19-17-15-13-11-9-7-2/h9,11,15,17-18,20-21,23-24,26-27,29,82,86H,6-8,10,12-14,16,19,22,25,28,30-81H2,1-5H3/p+1/b11-9-,17-15-,20-18-,23-21-,26-24-,29-27-. The number of esters is 2. The monoisotopic (exact) mass is 1330 g/mol. The second-order valence-electron chi connectivity index (χ2n) is 29.1. The Labute approximate surface area is 589 Å². The van der Waals surface area contributed by atoms with E-state index in [1.807, 2.05) is 21.1 Å². The van der Waals surface area contributed by atoms with Gasteiger partial charge in [-0.05, 0) is 83.5 Å². The summed E-state index contributed by atoms with van der Waals surface area (Å²) in [5, 5.41) is 9.78. The Hall–Kier alpha value is -3.27. The van der Waals surface area contributed by atoms with E-state index >= 15 is 0 Å². The molecule has 2 unspecified atom stereocenters. The van der Waals surface area contributed by atoms with Crippen LogP contribution in [0, 0.1) is 0 Å². The molecule has 0 heterocycles. The van der Waals surface area contributed by atoms with E-state index < -0.39 is 18.4 Å². The second-order valence-corrected chi connectivity index (χ2v) is 29.1. The Bertz CT molecular complexity index is 1790. The number of likely N-dealkylation sites (N-methyl/N-ethyl adjacent to an activating group) is 1. The summed E-state index contributed by atoms with van der Waals surface area (Å²) in [5.74, 6) is -1.97. The summed E-state index contributed by atoms with van der Waals surface area (Å²) >= 11 is 0. The van der Waals surface area contributed by atoms with Crippen LogP contribution in [0.2, 0.25) is 0 Å². The minimum absolute atomic E-state index is 0.177. The first-order valence-electron chi connectivity index (χ1n) is 41.1. The molecule has 9 nitrogen and oxygen atoms in total. The molecule has 0 radical (unpaired) electrons. The summed E-state index contributed by atoms with van der Waals surface area (Å²) in [5.41, 5.74) is 0. The molecule has 0 aliphatic heterocycles. The van der Waals surface area contributed by atoms with Gasteiger partial charge in [-0.3, -0.25) is 9.59 Å². The minimum atomic E-state index is -1.51. The quantitative estimate of drug-likeness (QED) is 0.0211. The second kappa shape index (κ2) is 76.5. The average Bonchev–Trinajstić information content (AvgIpc) is 3.58. The molecule has 95 heavy (non-hydrogen) atoms. The molecule has 0 aromatic carbocycles. The number of hydrogen-bond donors (Lipinski definition) is 1. The maximum atomic E-state index is 13.0. The zero-order valence-electron chi connectivity index (χ0n) is 63.6. The van der Waals surface area contributed by atoms with E-state index in [-0.39, 0.29) is 38.2 Å². The summed E-state index contributed by atoms with van der Waals surface area (Å²) in [6.07, 6.45) is 101. The largest absolute Gasteiger partial charge is 0.477 e. The van der Waals surface area contributed by atoms with Gasteiger partial charge in [0, 0.05) is 12.8 Å². The van der Waals surface area contributed by atoms with Gasteiger partial charge in [0.1, 0.15) is 13.2 Å². The van der Waals surface area contributed by atoms with Gasteiger partial charge in [0.15, 0.2) is 6.10 Å². The molecule has 0 aliphatic rings. The van der Waals surface area contributed by atoms with Gasteiger partial charge >= 0.3 is 17.9 Å². The van der Waals surface area contributed by atoms with E-state index in [9.17, 15) is 19.5 Å². The van der Waals surface area contributed by atoms with Crippen LogP contribution < -0.4 is 0 Å². The fraction of sp³-hybridized carbons (Fsp3) is 0.826. The lowest BCUT2D eigenvalue weighted by atomic mass is 10.0.